The molecule has 0 unspecified atom stereocenters. The molecule has 0 fully saturated rings. The lowest BCUT2D eigenvalue weighted by Gasteiger charge is -2.21. The van der Waals surface area contributed by atoms with Crippen molar-refractivity contribution in [2.24, 2.45) is 0 Å². The molecule has 0 radical (unpaired) electrons. The summed E-state index contributed by atoms with van der Waals surface area (Å²) in [6, 6.07) is 15.9. The second-order valence-electron chi connectivity index (χ2n) is 6.09. The van der Waals surface area contributed by atoms with Gasteiger partial charge in [-0.3, -0.25) is 0 Å². The molecule has 2 aromatic rings. The number of aliphatic hydroxyl groups excluding tert-OH is 1. The van der Waals surface area contributed by atoms with Gasteiger partial charge in [0.1, 0.15) is 12.4 Å². The number of hydrogen-bond acceptors (Lipinski definition) is 3. The summed E-state index contributed by atoms with van der Waals surface area (Å²) in [4.78, 5) is 14.4. The van der Waals surface area contributed by atoms with Gasteiger partial charge in [0.05, 0.1) is 6.61 Å². The van der Waals surface area contributed by atoms with Crippen molar-refractivity contribution in [3.05, 3.63) is 65.2 Å². The van der Waals surface area contributed by atoms with Gasteiger partial charge in [0.2, 0.25) is 0 Å². The molecule has 1 aliphatic rings. The number of carbonyl (C=O) groups excluding carboxylic acids is 1. The van der Waals surface area contributed by atoms with Crippen LogP contribution in [0.5, 0.6) is 5.75 Å². The summed E-state index contributed by atoms with van der Waals surface area (Å²) in [6.07, 6.45) is 1.78. The molecule has 5 heteroatoms. The fourth-order valence-electron chi connectivity index (χ4n) is 3.10. The van der Waals surface area contributed by atoms with Crippen LogP contribution >= 0.6 is 0 Å². The molecule has 0 aliphatic carbocycles. The van der Waals surface area contributed by atoms with E-state index in [1.54, 1.807) is 0 Å². The quantitative estimate of drug-likeness (QED) is 0.878. The Morgan fingerprint density at radius 2 is 1.68 bits per heavy atom. The predicted molar refractivity (Wildman–Crippen MR) is 96.7 cm³/mol. The van der Waals surface area contributed by atoms with Gasteiger partial charge in [0.25, 0.3) is 0 Å². The molecule has 5 nitrogen and oxygen atoms in total. The number of carbonyl (C=O) groups is 1. The highest BCUT2D eigenvalue weighted by Crippen LogP contribution is 2.18. The smallest absolute Gasteiger partial charge is 0.317 e. The number of amides is 2. The summed E-state index contributed by atoms with van der Waals surface area (Å²) in [7, 11) is 0. The van der Waals surface area contributed by atoms with Crippen molar-refractivity contribution in [1.29, 1.82) is 0 Å². The molecule has 25 heavy (non-hydrogen) atoms. The molecule has 132 valence electrons. The van der Waals surface area contributed by atoms with Crippen LogP contribution < -0.4 is 10.1 Å². The minimum atomic E-state index is -0.0511. The van der Waals surface area contributed by atoms with E-state index in [-0.39, 0.29) is 19.2 Å². The van der Waals surface area contributed by atoms with Gasteiger partial charge in [-0.15, -0.1) is 0 Å². The minimum absolute atomic E-state index is 0.0327. The van der Waals surface area contributed by atoms with Gasteiger partial charge < -0.3 is 20.1 Å². The lowest BCUT2D eigenvalue weighted by Crippen LogP contribution is -2.41. The van der Waals surface area contributed by atoms with Crippen molar-refractivity contribution in [1.82, 2.24) is 10.2 Å². The van der Waals surface area contributed by atoms with E-state index >= 15 is 0 Å². The molecule has 1 heterocycles. The Balaban J connectivity index is 1.57. The van der Waals surface area contributed by atoms with E-state index in [0.717, 1.165) is 31.5 Å². The van der Waals surface area contributed by atoms with Gasteiger partial charge >= 0.3 is 6.03 Å². The second kappa shape index (κ2) is 8.53. The van der Waals surface area contributed by atoms with Crippen LogP contribution in [0, 0.1) is 0 Å². The van der Waals surface area contributed by atoms with Crippen molar-refractivity contribution >= 4 is 6.03 Å². The Morgan fingerprint density at radius 1 is 1.04 bits per heavy atom. The fourth-order valence-corrected chi connectivity index (χ4v) is 3.10. The Kier molecular flexibility index (Phi) is 5.90. The number of nitrogens with zero attached hydrogens (tertiary/aromatic N) is 1. The highest BCUT2D eigenvalue weighted by Gasteiger charge is 2.18. The van der Waals surface area contributed by atoms with E-state index < -0.39 is 0 Å². The first-order valence-corrected chi connectivity index (χ1v) is 8.69. The van der Waals surface area contributed by atoms with Crippen LogP contribution in [0.15, 0.2) is 48.5 Å². The topological polar surface area (TPSA) is 61.8 Å². The number of para-hydroxylation sites is 1. The van der Waals surface area contributed by atoms with Gasteiger partial charge in [-0.05, 0) is 30.0 Å². The maximum atomic E-state index is 12.5. The Labute approximate surface area is 148 Å². The maximum Gasteiger partial charge on any atom is 0.317 e. The standard InChI is InChI=1S/C20H24N2O3/c23-13-14-25-19-8-4-3-7-18(19)15-21-20(24)22-11-9-16-5-1-2-6-17(16)10-12-22/h1-8,23H,9-15H2,(H,21,24). The van der Waals surface area contributed by atoms with Crippen molar-refractivity contribution in [3.8, 4) is 5.75 Å². The van der Waals surface area contributed by atoms with Gasteiger partial charge in [-0.2, -0.15) is 0 Å². The molecule has 0 aromatic heterocycles. The first-order valence-electron chi connectivity index (χ1n) is 8.69. The molecule has 0 atom stereocenters. The molecule has 0 spiro atoms. The second-order valence-corrected chi connectivity index (χ2v) is 6.09. The first kappa shape index (κ1) is 17.3. The van der Waals surface area contributed by atoms with E-state index in [4.69, 9.17) is 9.84 Å². The molecular formula is C20H24N2O3. The lowest BCUT2D eigenvalue weighted by atomic mass is 10.0. The maximum absolute atomic E-state index is 12.5. The van der Waals surface area contributed by atoms with Crippen LogP contribution in [0.2, 0.25) is 0 Å². The number of nitrogens with one attached hydrogen (secondary N) is 1. The molecular weight excluding hydrogens is 316 g/mol. The van der Waals surface area contributed by atoms with Gasteiger partial charge in [-0.25, -0.2) is 4.79 Å². The third-order valence-electron chi connectivity index (χ3n) is 4.46. The van der Waals surface area contributed by atoms with Gasteiger partial charge in [0, 0.05) is 25.2 Å². The van der Waals surface area contributed by atoms with Crippen molar-refractivity contribution < 1.29 is 14.6 Å². The summed E-state index contributed by atoms with van der Waals surface area (Å²) >= 11 is 0. The zero-order valence-corrected chi connectivity index (χ0v) is 14.3. The first-order chi connectivity index (χ1) is 12.3. The molecule has 0 saturated carbocycles. The Morgan fingerprint density at radius 3 is 2.36 bits per heavy atom. The summed E-state index contributed by atoms with van der Waals surface area (Å²) in [5.41, 5.74) is 3.57. The van der Waals surface area contributed by atoms with E-state index in [9.17, 15) is 4.79 Å². The zero-order chi connectivity index (χ0) is 17.5. The molecule has 2 amide bonds. The fraction of sp³-hybridized carbons (Fsp3) is 0.350. The highest BCUT2D eigenvalue weighted by molar-refractivity contribution is 5.74. The number of aliphatic hydroxyl groups is 1. The predicted octanol–water partition coefficient (Wildman–Crippen LogP) is 2.37. The number of hydrogen-bond donors (Lipinski definition) is 2. The van der Waals surface area contributed by atoms with Crippen LogP contribution in [-0.2, 0) is 19.4 Å². The van der Waals surface area contributed by atoms with Gasteiger partial charge in [-0.1, -0.05) is 42.5 Å². The molecule has 2 N–H and O–H groups in total. The monoisotopic (exact) mass is 340 g/mol. The summed E-state index contributed by atoms with van der Waals surface area (Å²) in [5.74, 6) is 0.695. The largest absolute Gasteiger partial charge is 0.491 e. The zero-order valence-electron chi connectivity index (χ0n) is 14.3. The molecule has 2 aromatic carbocycles. The average molecular weight is 340 g/mol. The third-order valence-corrected chi connectivity index (χ3v) is 4.46. The van der Waals surface area contributed by atoms with Crippen LogP contribution in [0.25, 0.3) is 0 Å². The van der Waals surface area contributed by atoms with Crippen molar-refractivity contribution in [2.75, 3.05) is 26.3 Å². The van der Waals surface area contributed by atoms with Crippen molar-refractivity contribution in [2.45, 2.75) is 19.4 Å². The van der Waals surface area contributed by atoms with Crippen molar-refractivity contribution in [3.63, 3.8) is 0 Å². The molecule has 0 saturated heterocycles. The Hall–Kier alpha value is -2.53. The normalized spacial score (nSPS) is 13.7. The summed E-state index contributed by atoms with van der Waals surface area (Å²) in [6.45, 7) is 2.07. The van der Waals surface area contributed by atoms with E-state index in [0.29, 0.717) is 12.3 Å². The number of rotatable bonds is 5. The van der Waals surface area contributed by atoms with E-state index in [1.165, 1.54) is 11.1 Å². The van der Waals surface area contributed by atoms with E-state index in [2.05, 4.69) is 29.6 Å². The molecule has 1 aliphatic heterocycles. The number of benzene rings is 2. The minimum Gasteiger partial charge on any atom is -0.491 e. The average Bonchev–Trinajstić information content (AvgIpc) is 2.88. The SMILES string of the molecule is O=C(NCc1ccccc1OCCO)N1CCc2ccccc2CC1. The van der Waals surface area contributed by atoms with Gasteiger partial charge in [0.15, 0.2) is 0 Å². The lowest BCUT2D eigenvalue weighted by molar-refractivity contribution is 0.196. The number of ether oxygens (including phenoxy) is 1. The summed E-state index contributed by atoms with van der Waals surface area (Å²) in [5, 5.41) is 11.9. The van der Waals surface area contributed by atoms with Crippen LogP contribution in [0.4, 0.5) is 4.79 Å². The highest BCUT2D eigenvalue weighted by atomic mass is 16.5. The number of fused-ring (bicyclic) bond motifs is 1. The van der Waals surface area contributed by atoms with E-state index in [1.807, 2.05) is 29.2 Å². The van der Waals surface area contributed by atoms with Crippen LogP contribution in [0.3, 0.4) is 0 Å². The van der Waals surface area contributed by atoms with Crippen LogP contribution in [-0.4, -0.2) is 42.3 Å². The molecule has 3 rings (SSSR count). The number of urea groups is 1. The summed E-state index contributed by atoms with van der Waals surface area (Å²) < 4.78 is 5.51. The third kappa shape index (κ3) is 4.51. The molecule has 0 bridgehead atoms. The van der Waals surface area contributed by atoms with Crippen LogP contribution in [0.1, 0.15) is 16.7 Å². The Bertz CT molecular complexity index is 691.